The monoisotopic (exact) mass is 568 g/mol. The number of carbonyl (C=O) groups excluding carboxylic acids is 1. The topological polar surface area (TPSA) is 174 Å². The van der Waals surface area contributed by atoms with E-state index in [4.69, 9.17) is 9.47 Å². The van der Waals surface area contributed by atoms with E-state index >= 15 is 0 Å². The van der Waals surface area contributed by atoms with Crippen LogP contribution in [-0.2, 0) is 19.1 Å². The average molecular weight is 569 g/mol. The number of aliphatic carboxylic acids is 1. The minimum Gasteiger partial charge on any atom is -0.479 e. The molecule has 4 saturated carbocycles. The van der Waals surface area contributed by atoms with Crippen molar-refractivity contribution < 1.29 is 49.7 Å². The first-order chi connectivity index (χ1) is 18.8. The van der Waals surface area contributed by atoms with Gasteiger partial charge in [0, 0.05) is 6.42 Å². The van der Waals surface area contributed by atoms with E-state index in [-0.39, 0.29) is 41.3 Å². The van der Waals surface area contributed by atoms with Crippen molar-refractivity contribution in [3.63, 3.8) is 0 Å². The van der Waals surface area contributed by atoms with E-state index in [2.05, 4.69) is 20.8 Å². The van der Waals surface area contributed by atoms with Crippen molar-refractivity contribution in [2.75, 3.05) is 0 Å². The molecule has 1 heterocycles. The molecule has 0 unspecified atom stereocenters. The molecule has 10 heteroatoms. The van der Waals surface area contributed by atoms with Crippen molar-refractivity contribution >= 4 is 11.9 Å². The number of aliphatic hydroxyl groups is 5. The molecule has 0 bridgehead atoms. The van der Waals surface area contributed by atoms with E-state index < -0.39 is 42.6 Å². The van der Waals surface area contributed by atoms with Gasteiger partial charge in [-0.1, -0.05) is 20.8 Å². The van der Waals surface area contributed by atoms with Crippen LogP contribution in [0.1, 0.15) is 85.0 Å². The number of carbonyl (C=O) groups is 2. The van der Waals surface area contributed by atoms with Crippen LogP contribution in [-0.4, -0.2) is 85.5 Å². The number of rotatable bonds is 6. The van der Waals surface area contributed by atoms with Gasteiger partial charge in [-0.2, -0.15) is 0 Å². The highest BCUT2D eigenvalue weighted by Gasteiger charge is 2.63. The Morgan fingerprint density at radius 1 is 0.900 bits per heavy atom. The van der Waals surface area contributed by atoms with Crippen LogP contribution in [0.2, 0.25) is 0 Å². The molecule has 0 aromatic heterocycles. The Morgan fingerprint density at radius 3 is 2.27 bits per heavy atom. The normalized spacial score (nSPS) is 51.2. The van der Waals surface area contributed by atoms with Crippen molar-refractivity contribution in [3.05, 3.63) is 0 Å². The van der Waals surface area contributed by atoms with E-state index in [1.165, 1.54) is 0 Å². The highest BCUT2D eigenvalue weighted by Crippen LogP contribution is 2.68. The summed E-state index contributed by atoms with van der Waals surface area (Å²) >= 11 is 0. The van der Waals surface area contributed by atoms with Crippen LogP contribution >= 0.6 is 0 Å². The zero-order chi connectivity index (χ0) is 29.1. The second-order valence-corrected chi connectivity index (χ2v) is 14.2. The third-order valence-corrected chi connectivity index (χ3v) is 12.3. The first-order valence-electron chi connectivity index (χ1n) is 15.3. The van der Waals surface area contributed by atoms with Crippen LogP contribution in [0.25, 0.3) is 0 Å². The quantitative estimate of drug-likeness (QED) is 0.259. The van der Waals surface area contributed by atoms with Crippen LogP contribution in [0, 0.1) is 46.3 Å². The first kappa shape index (κ1) is 30.2. The Kier molecular flexibility index (Phi) is 8.36. The Labute approximate surface area is 236 Å². The van der Waals surface area contributed by atoms with E-state index in [0.717, 1.165) is 51.4 Å². The molecular formula is C30H48O10. The fourth-order valence-corrected chi connectivity index (χ4v) is 10.1. The van der Waals surface area contributed by atoms with E-state index in [1.54, 1.807) is 0 Å². The molecule has 40 heavy (non-hydrogen) atoms. The Hall–Kier alpha value is -1.30. The maximum absolute atomic E-state index is 12.7. The van der Waals surface area contributed by atoms with Gasteiger partial charge in [0.15, 0.2) is 6.10 Å². The summed E-state index contributed by atoms with van der Waals surface area (Å²) in [5.74, 6) is -0.0366. The zero-order valence-electron chi connectivity index (χ0n) is 23.9. The smallest absolute Gasteiger partial charge is 0.335 e. The lowest BCUT2D eigenvalue weighted by molar-refractivity contribution is -0.286. The van der Waals surface area contributed by atoms with Gasteiger partial charge in [-0.25, -0.2) is 4.79 Å². The minimum absolute atomic E-state index is 0.0537. The summed E-state index contributed by atoms with van der Waals surface area (Å²) in [5, 5.41) is 60.9. The van der Waals surface area contributed by atoms with Crippen molar-refractivity contribution in [1.82, 2.24) is 0 Å². The number of fused-ring (bicyclic) bond motifs is 5. The van der Waals surface area contributed by atoms with E-state index in [9.17, 15) is 40.2 Å². The third-order valence-electron chi connectivity index (χ3n) is 12.3. The second-order valence-electron chi connectivity index (χ2n) is 14.2. The Bertz CT molecular complexity index is 959. The predicted octanol–water partition coefficient (Wildman–Crippen LogP) is 1.83. The molecule has 5 rings (SSSR count). The molecule has 0 aromatic rings. The SMILES string of the molecule is C[C@H](CCC(=O)O[C@@H]1O[C@H](C(=O)O)[C@@H](O)[C@H](O)[C@H]1O)[C@H]1CC[C@H]2[C@@H]3[C@@H](O)C[C@@H]4C[C@H](O)CC[C@]4(C)[C@H]3CC[C@]12C. The summed E-state index contributed by atoms with van der Waals surface area (Å²) in [7, 11) is 0. The molecule has 1 saturated heterocycles. The molecule has 1 aliphatic heterocycles. The minimum atomic E-state index is -1.84. The summed E-state index contributed by atoms with van der Waals surface area (Å²) in [6.07, 6.45) is -1.15. The molecule has 0 amide bonds. The van der Waals surface area contributed by atoms with Crippen LogP contribution in [0.15, 0.2) is 0 Å². The van der Waals surface area contributed by atoms with Crippen LogP contribution in [0.4, 0.5) is 0 Å². The summed E-state index contributed by atoms with van der Waals surface area (Å²) in [5.41, 5.74) is 0.243. The van der Waals surface area contributed by atoms with Crippen molar-refractivity contribution in [3.8, 4) is 0 Å². The number of hydrogen-bond acceptors (Lipinski definition) is 9. The summed E-state index contributed by atoms with van der Waals surface area (Å²) in [6, 6.07) is 0. The molecule has 228 valence electrons. The average Bonchev–Trinajstić information content (AvgIpc) is 3.25. The molecule has 4 aliphatic carbocycles. The molecule has 10 nitrogen and oxygen atoms in total. The molecular weight excluding hydrogens is 520 g/mol. The molecule has 0 radical (unpaired) electrons. The van der Waals surface area contributed by atoms with Gasteiger partial charge >= 0.3 is 11.9 Å². The van der Waals surface area contributed by atoms with Crippen LogP contribution < -0.4 is 0 Å². The number of hydrogen-bond donors (Lipinski definition) is 6. The number of carboxylic acid groups (broad SMARTS) is 1. The summed E-state index contributed by atoms with van der Waals surface area (Å²) < 4.78 is 10.3. The van der Waals surface area contributed by atoms with E-state index in [0.29, 0.717) is 30.1 Å². The fourth-order valence-electron chi connectivity index (χ4n) is 10.1. The summed E-state index contributed by atoms with van der Waals surface area (Å²) in [6.45, 7) is 6.93. The maximum Gasteiger partial charge on any atom is 0.335 e. The van der Waals surface area contributed by atoms with Gasteiger partial charge in [-0.3, -0.25) is 4.79 Å². The second kappa shape index (κ2) is 11.1. The van der Waals surface area contributed by atoms with Crippen molar-refractivity contribution in [2.45, 2.75) is 128 Å². The lowest BCUT2D eigenvalue weighted by Crippen LogP contribution is -2.60. The molecule has 0 aromatic carbocycles. The lowest BCUT2D eigenvalue weighted by atomic mass is 9.43. The Morgan fingerprint density at radius 2 is 1.57 bits per heavy atom. The molecule has 15 atom stereocenters. The lowest BCUT2D eigenvalue weighted by Gasteiger charge is -2.62. The van der Waals surface area contributed by atoms with Gasteiger partial charge in [0.25, 0.3) is 0 Å². The van der Waals surface area contributed by atoms with Gasteiger partial charge in [0.1, 0.15) is 18.3 Å². The molecule has 5 aliphatic rings. The van der Waals surface area contributed by atoms with Gasteiger partial charge in [0.05, 0.1) is 12.2 Å². The largest absolute Gasteiger partial charge is 0.479 e. The van der Waals surface area contributed by atoms with Gasteiger partial charge < -0.3 is 40.1 Å². The molecule has 0 spiro atoms. The van der Waals surface area contributed by atoms with Crippen LogP contribution in [0.5, 0.6) is 0 Å². The standard InChI is InChI=1S/C30H48O10/c1-14(4-7-21(33)39-28-25(36)23(34)24(35)26(40-28)27(37)38)17-5-6-18-22-19(9-11-30(17,18)3)29(2)10-8-16(31)12-15(29)13-20(22)32/h14-20,22-26,28,31-32,34-36H,4-13H2,1-3H3,(H,37,38)/t14-,15+,16-,17-,18+,19+,20+,22+,23+,24+,25-,26+,28-,29+,30-/m1/s1. The Balaban J connectivity index is 1.20. The predicted molar refractivity (Wildman–Crippen MR) is 141 cm³/mol. The zero-order valence-corrected chi connectivity index (χ0v) is 23.9. The number of carboxylic acids is 1. The maximum atomic E-state index is 12.7. The van der Waals surface area contributed by atoms with E-state index in [1.807, 2.05) is 0 Å². The number of ether oxygens (including phenoxy) is 2. The molecule has 5 fully saturated rings. The number of aliphatic hydroxyl groups excluding tert-OH is 5. The van der Waals surface area contributed by atoms with Crippen molar-refractivity contribution in [1.29, 1.82) is 0 Å². The van der Waals surface area contributed by atoms with Gasteiger partial charge in [-0.15, -0.1) is 0 Å². The third kappa shape index (κ3) is 5.00. The van der Waals surface area contributed by atoms with Gasteiger partial charge in [0.2, 0.25) is 6.29 Å². The van der Waals surface area contributed by atoms with Gasteiger partial charge in [-0.05, 0) is 104 Å². The number of esters is 1. The van der Waals surface area contributed by atoms with Crippen LogP contribution in [0.3, 0.4) is 0 Å². The first-order valence-corrected chi connectivity index (χ1v) is 15.3. The molecule has 6 N–H and O–H groups in total. The van der Waals surface area contributed by atoms with Crippen molar-refractivity contribution in [2.24, 2.45) is 46.3 Å². The fraction of sp³-hybridized carbons (Fsp3) is 0.933. The highest BCUT2D eigenvalue weighted by molar-refractivity contribution is 5.73. The summed E-state index contributed by atoms with van der Waals surface area (Å²) in [4.78, 5) is 24.0. The highest BCUT2D eigenvalue weighted by atomic mass is 16.7.